The maximum absolute atomic E-state index is 13.0. The molecule has 0 saturated carbocycles. The Hall–Kier alpha value is -5.55. The van der Waals surface area contributed by atoms with Gasteiger partial charge in [-0.1, -0.05) is 42.9 Å². The number of unbranched alkanes of at least 4 members (excludes halogenated alkanes) is 2. The number of benzene rings is 4. The van der Waals surface area contributed by atoms with Gasteiger partial charge in [-0.15, -0.1) is 0 Å². The van der Waals surface area contributed by atoms with Gasteiger partial charge in [-0.25, -0.2) is 0 Å². The molecular formula is C64H89N2O27S5+. The molecule has 2 aliphatic heterocycles. The quantitative estimate of drug-likeness (QED) is 0.0115. The lowest BCUT2D eigenvalue weighted by Gasteiger charge is -2.31. The smallest absolute Gasteiger partial charge is 0.303 e. The third-order valence-electron chi connectivity index (χ3n) is 16.2. The summed E-state index contributed by atoms with van der Waals surface area (Å²) in [5.74, 6) is -1.64. The van der Waals surface area contributed by atoms with Crippen molar-refractivity contribution in [2.24, 2.45) is 0 Å². The molecule has 546 valence electrons. The van der Waals surface area contributed by atoms with E-state index in [0.29, 0.717) is 125 Å². The van der Waals surface area contributed by atoms with Gasteiger partial charge in [0.2, 0.25) is 5.69 Å². The molecule has 6 N–H and O–H groups in total. The summed E-state index contributed by atoms with van der Waals surface area (Å²) >= 11 is 0. The van der Waals surface area contributed by atoms with Crippen molar-refractivity contribution in [1.82, 2.24) is 0 Å². The van der Waals surface area contributed by atoms with Crippen LogP contribution in [0.3, 0.4) is 0 Å². The van der Waals surface area contributed by atoms with Crippen LogP contribution in [0.4, 0.5) is 11.4 Å². The number of hydrogen-bond acceptors (Lipinski definition) is 22. The Balaban J connectivity index is 1.38. The standard InChI is InChI=1S/C64H88N2O27S5/c1-63(21-25-86-31-33-90-39-41-92-37-35-88-29-27-84-3)58(65(23-12-8-11-16-60(67)68)54-19-17-50-52(61(54)63)44-48(95(72,73)74)46-56(50)97(78,79)80)14-9-6-5-7-10-15-59-64(2,22-26-87-32-34-91-40-42-93-38-36-89-30-28-85-4)62-53-45-49(96(75,76)77)47-57(98(81,82)83)51(53)18-20-55(62)66(59)24-13-43-94(69,70)71/h5-7,9-10,14-15,17-20,44-47H,8,11-13,16,21-43H2,1-4H3,(H5-,67,68,69,70,71,72,73,74,75,76,77,78,79,80,81,82,83)/p+1. The van der Waals surface area contributed by atoms with Crippen molar-refractivity contribution in [1.29, 1.82) is 0 Å². The minimum absolute atomic E-state index is 0.00484. The number of anilines is 1. The van der Waals surface area contributed by atoms with Gasteiger partial charge in [-0.2, -0.15) is 46.7 Å². The Kier molecular flexibility index (Phi) is 31.5. The van der Waals surface area contributed by atoms with Gasteiger partial charge in [0, 0.05) is 92.1 Å². The molecule has 4 aromatic rings. The van der Waals surface area contributed by atoms with E-state index in [4.69, 9.17) is 47.4 Å². The van der Waals surface area contributed by atoms with E-state index in [1.807, 2.05) is 11.8 Å². The molecule has 0 radical (unpaired) electrons. The summed E-state index contributed by atoms with van der Waals surface area (Å²) in [6.07, 6.45) is 13.2. The van der Waals surface area contributed by atoms with Gasteiger partial charge in [-0.05, 0) is 98.3 Å². The van der Waals surface area contributed by atoms with Crippen LogP contribution in [0.2, 0.25) is 0 Å². The number of aliphatic carboxylic acids is 1. The zero-order chi connectivity index (χ0) is 71.8. The van der Waals surface area contributed by atoms with Crippen molar-refractivity contribution in [3.05, 3.63) is 108 Å². The average molecular weight is 1480 g/mol. The molecule has 0 bridgehead atoms. The summed E-state index contributed by atoms with van der Waals surface area (Å²) in [5.41, 5.74) is 0.315. The molecule has 2 aliphatic rings. The number of fused-ring (bicyclic) bond motifs is 6. The van der Waals surface area contributed by atoms with E-state index in [9.17, 15) is 74.8 Å². The Morgan fingerprint density at radius 3 is 1.36 bits per heavy atom. The first kappa shape index (κ1) is 81.4. The van der Waals surface area contributed by atoms with E-state index in [1.165, 1.54) is 18.2 Å². The Morgan fingerprint density at radius 2 is 0.908 bits per heavy atom. The molecule has 34 heteroatoms. The number of ether oxygens (including phenoxy) is 10. The summed E-state index contributed by atoms with van der Waals surface area (Å²) < 4.78 is 236. The van der Waals surface area contributed by atoms with Crippen LogP contribution in [-0.2, 0) is 114 Å². The zero-order valence-corrected chi connectivity index (χ0v) is 59.2. The molecule has 0 fully saturated rings. The van der Waals surface area contributed by atoms with Gasteiger partial charge >= 0.3 is 5.97 Å². The minimum atomic E-state index is -5.14. The van der Waals surface area contributed by atoms with Crippen LogP contribution in [0.5, 0.6) is 0 Å². The van der Waals surface area contributed by atoms with Crippen molar-refractivity contribution >= 4 is 95.2 Å². The predicted octanol–water partition coefficient (Wildman–Crippen LogP) is 6.80. The summed E-state index contributed by atoms with van der Waals surface area (Å²) in [6.45, 7) is 8.87. The second-order valence-electron chi connectivity index (χ2n) is 23.1. The zero-order valence-electron chi connectivity index (χ0n) is 55.2. The van der Waals surface area contributed by atoms with Gasteiger partial charge in [0.15, 0.2) is 5.71 Å². The molecule has 2 atom stereocenters. The van der Waals surface area contributed by atoms with Gasteiger partial charge in [0.1, 0.15) is 16.3 Å². The van der Waals surface area contributed by atoms with Crippen molar-refractivity contribution in [2.45, 2.75) is 89.2 Å². The van der Waals surface area contributed by atoms with Crippen LogP contribution in [0.15, 0.2) is 116 Å². The van der Waals surface area contributed by atoms with Gasteiger partial charge < -0.3 is 57.4 Å². The van der Waals surface area contributed by atoms with Crippen molar-refractivity contribution in [3.63, 3.8) is 0 Å². The molecular weight excluding hydrogens is 1390 g/mol. The molecule has 0 amide bonds. The SMILES string of the molecule is COCCOCCOCCOCCOCCC1(C)C(=CC=CC=CC=CC2=[N+](CCCS(=O)(=O)O)c3ccc4c(S(=O)(=O)O)cc(S(=O)(=O)O)cc4c3C2(C)CCOCCOCCOCCOCCOC)N(CCCCCC(=O)O)c2ccc3c(S(=O)(=O)O)cc(S(=O)(=O)O)cc3c21. The number of carbonyl (C=O) groups is 1. The van der Waals surface area contributed by atoms with Gasteiger partial charge in [0.25, 0.3) is 50.6 Å². The molecule has 6 rings (SSSR count). The topological polar surface area (TPSA) is 408 Å². The first-order valence-corrected chi connectivity index (χ1v) is 38.8. The second kappa shape index (κ2) is 37.9. The molecule has 29 nitrogen and oxygen atoms in total. The Morgan fingerprint density at radius 1 is 0.480 bits per heavy atom. The first-order chi connectivity index (χ1) is 46.4. The third-order valence-corrected chi connectivity index (χ3v) is 20.5. The minimum Gasteiger partial charge on any atom is -0.481 e. The van der Waals surface area contributed by atoms with E-state index in [0.717, 1.165) is 12.1 Å². The van der Waals surface area contributed by atoms with Crippen molar-refractivity contribution in [2.75, 3.05) is 157 Å². The molecule has 2 heterocycles. The molecule has 0 aliphatic carbocycles. The lowest BCUT2D eigenvalue weighted by atomic mass is 9.75. The second-order valence-corrected chi connectivity index (χ2v) is 30.3. The third kappa shape index (κ3) is 23.5. The summed E-state index contributed by atoms with van der Waals surface area (Å²) in [4.78, 5) is 10.2. The largest absolute Gasteiger partial charge is 0.481 e. The number of hydrogen-bond donors (Lipinski definition) is 6. The highest BCUT2D eigenvalue weighted by Crippen LogP contribution is 2.54. The fourth-order valence-corrected chi connectivity index (χ4v) is 14.9. The lowest BCUT2D eigenvalue weighted by Crippen LogP contribution is -2.33. The van der Waals surface area contributed by atoms with Crippen LogP contribution in [0.25, 0.3) is 21.5 Å². The van der Waals surface area contributed by atoms with Crippen molar-refractivity contribution in [3.8, 4) is 0 Å². The summed E-state index contributed by atoms with van der Waals surface area (Å²) in [7, 11) is -21.8. The molecule has 0 aromatic heterocycles. The molecule has 4 aromatic carbocycles. The predicted molar refractivity (Wildman–Crippen MR) is 361 cm³/mol. The Bertz CT molecular complexity index is 4120. The molecule has 98 heavy (non-hydrogen) atoms. The number of methoxy groups -OCH3 is 2. The number of nitrogens with zero attached hydrogens (tertiary/aromatic N) is 2. The van der Waals surface area contributed by atoms with E-state index in [2.05, 4.69) is 0 Å². The number of carboxylic acid groups (broad SMARTS) is 1. The highest BCUT2D eigenvalue weighted by molar-refractivity contribution is 7.87. The highest BCUT2D eigenvalue weighted by atomic mass is 32.2. The lowest BCUT2D eigenvalue weighted by molar-refractivity contribution is -0.437. The van der Waals surface area contributed by atoms with E-state index in [1.54, 1.807) is 74.3 Å². The number of allylic oxidation sites excluding steroid dienone is 8. The van der Waals surface area contributed by atoms with Crippen molar-refractivity contribution < 1.29 is 127 Å². The van der Waals surface area contributed by atoms with Gasteiger partial charge in [0.05, 0.1) is 127 Å². The number of rotatable bonds is 48. The normalized spacial score (nSPS) is 17.6. The van der Waals surface area contributed by atoms with E-state index < -0.39 is 92.7 Å². The monoisotopic (exact) mass is 1480 g/mol. The summed E-state index contributed by atoms with van der Waals surface area (Å²) in [6, 6.07) is 9.47. The van der Waals surface area contributed by atoms with E-state index >= 15 is 0 Å². The Labute approximate surface area is 572 Å². The summed E-state index contributed by atoms with van der Waals surface area (Å²) in [5, 5.41) is 9.36. The molecule has 2 unspecified atom stereocenters. The molecule has 0 spiro atoms. The fourth-order valence-electron chi connectivity index (χ4n) is 11.7. The fraction of sp³-hybridized carbons (Fsp3) is 0.531. The van der Waals surface area contributed by atoms with Crippen LogP contribution < -0.4 is 4.90 Å². The average Bonchev–Trinajstić information content (AvgIpc) is 1.53. The van der Waals surface area contributed by atoms with Crippen LogP contribution in [-0.4, -0.2) is 238 Å². The van der Waals surface area contributed by atoms with E-state index in [-0.39, 0.29) is 120 Å². The first-order valence-electron chi connectivity index (χ1n) is 31.4. The van der Waals surface area contributed by atoms with Gasteiger partial charge in [-0.3, -0.25) is 27.6 Å². The van der Waals surface area contributed by atoms with Crippen LogP contribution >= 0.6 is 0 Å². The highest BCUT2D eigenvalue weighted by Gasteiger charge is 2.50. The van der Waals surface area contributed by atoms with Crippen LogP contribution in [0, 0.1) is 0 Å². The molecule has 0 saturated heterocycles. The maximum atomic E-state index is 13.0. The van der Waals surface area contributed by atoms with Crippen LogP contribution in [0.1, 0.15) is 69.9 Å². The number of carboxylic acids is 1. The maximum Gasteiger partial charge on any atom is 0.303 e.